The zero-order valence-corrected chi connectivity index (χ0v) is 28.5. The molecule has 0 aliphatic carbocycles. The fourth-order valence-corrected chi connectivity index (χ4v) is 6.38. The third kappa shape index (κ3) is 24.5. The number of nitrogens with one attached hydrogen (secondary N) is 1. The smallest absolute Gasteiger partial charge is 0.221 e. The molecule has 1 rings (SSSR count). The highest BCUT2D eigenvalue weighted by atomic mass is 16.1. The Hall–Kier alpha value is -0.650. The van der Waals surface area contributed by atoms with Gasteiger partial charge in [-0.2, -0.15) is 0 Å². The maximum atomic E-state index is 12.8. The molecule has 0 saturated carbocycles. The molecule has 1 heterocycles. The van der Waals surface area contributed by atoms with Crippen molar-refractivity contribution >= 4 is 5.91 Å². The highest BCUT2D eigenvalue weighted by Gasteiger charge is 2.18. The van der Waals surface area contributed by atoms with E-state index in [1.54, 1.807) is 0 Å². The Labute approximate surface area is 257 Å². The van der Waals surface area contributed by atoms with Gasteiger partial charge in [0.15, 0.2) is 0 Å². The second kappa shape index (κ2) is 28.1. The van der Waals surface area contributed by atoms with Gasteiger partial charge in [0.2, 0.25) is 5.91 Å². The quantitative estimate of drug-likeness (QED) is 0.156. The van der Waals surface area contributed by atoms with E-state index in [4.69, 9.17) is 0 Å². The van der Waals surface area contributed by atoms with E-state index in [1.807, 2.05) is 0 Å². The van der Waals surface area contributed by atoms with Crippen LogP contribution in [0.1, 0.15) is 161 Å². The molecule has 1 N–H and O–H groups in total. The van der Waals surface area contributed by atoms with Crippen molar-refractivity contribution in [3.63, 3.8) is 0 Å². The largest absolute Gasteiger partial charge is 0.356 e. The molecule has 5 nitrogen and oxygen atoms in total. The molecule has 1 unspecified atom stereocenters. The lowest BCUT2D eigenvalue weighted by Crippen LogP contribution is -2.39. The summed E-state index contributed by atoms with van der Waals surface area (Å²) in [6.45, 7) is 8.77. The summed E-state index contributed by atoms with van der Waals surface area (Å²) in [5.74, 6) is 0.244. The van der Waals surface area contributed by atoms with Crippen LogP contribution in [0.4, 0.5) is 0 Å². The SMILES string of the molecule is CCCCCCCCCCCCCCCCCCCCC1CC(=O)NCCCN(C)CCCCN(C)CCCN1C. The molecule has 5 heteroatoms. The van der Waals surface area contributed by atoms with Gasteiger partial charge in [-0.05, 0) is 86.0 Å². The lowest BCUT2D eigenvalue weighted by atomic mass is 10.0. The van der Waals surface area contributed by atoms with Gasteiger partial charge >= 0.3 is 0 Å². The van der Waals surface area contributed by atoms with Gasteiger partial charge in [-0.15, -0.1) is 0 Å². The average Bonchev–Trinajstić information content (AvgIpc) is 2.96. The van der Waals surface area contributed by atoms with Crippen LogP contribution in [-0.2, 0) is 4.79 Å². The first kappa shape index (κ1) is 38.4. The second-order valence-corrected chi connectivity index (χ2v) is 13.5. The number of hydrogen-bond donors (Lipinski definition) is 1. The van der Waals surface area contributed by atoms with E-state index >= 15 is 0 Å². The van der Waals surface area contributed by atoms with Crippen LogP contribution in [0.5, 0.6) is 0 Å². The Morgan fingerprint density at radius 1 is 0.561 bits per heavy atom. The second-order valence-electron chi connectivity index (χ2n) is 13.5. The van der Waals surface area contributed by atoms with Gasteiger partial charge in [0, 0.05) is 19.0 Å². The first-order valence-electron chi connectivity index (χ1n) is 18.4. The van der Waals surface area contributed by atoms with Crippen LogP contribution in [0.2, 0.25) is 0 Å². The summed E-state index contributed by atoms with van der Waals surface area (Å²) in [5, 5.41) is 3.21. The van der Waals surface area contributed by atoms with Gasteiger partial charge in [0.05, 0.1) is 0 Å². The molecular weight excluding hydrogens is 504 g/mol. The normalized spacial score (nSPS) is 20.2. The van der Waals surface area contributed by atoms with Crippen LogP contribution in [-0.4, -0.2) is 87.1 Å². The summed E-state index contributed by atoms with van der Waals surface area (Å²) >= 11 is 0. The Morgan fingerprint density at radius 2 is 0.976 bits per heavy atom. The van der Waals surface area contributed by atoms with Crippen LogP contribution < -0.4 is 5.32 Å². The number of carbonyl (C=O) groups excluding carboxylic acids is 1. The van der Waals surface area contributed by atoms with Gasteiger partial charge in [-0.3, -0.25) is 4.79 Å². The molecule has 244 valence electrons. The lowest BCUT2D eigenvalue weighted by molar-refractivity contribution is -0.122. The summed E-state index contributed by atoms with van der Waals surface area (Å²) in [5.41, 5.74) is 0. The molecule has 1 atom stereocenters. The first-order valence-corrected chi connectivity index (χ1v) is 18.4. The third-order valence-corrected chi connectivity index (χ3v) is 9.35. The Bertz CT molecular complexity index is 572. The molecule has 1 saturated heterocycles. The Kier molecular flexibility index (Phi) is 26.3. The van der Waals surface area contributed by atoms with Crippen LogP contribution >= 0.6 is 0 Å². The Morgan fingerprint density at radius 3 is 1.46 bits per heavy atom. The predicted molar refractivity (Wildman–Crippen MR) is 181 cm³/mol. The molecule has 1 aliphatic rings. The highest BCUT2D eigenvalue weighted by Crippen LogP contribution is 2.17. The average molecular weight is 579 g/mol. The van der Waals surface area contributed by atoms with E-state index in [0.29, 0.717) is 12.5 Å². The van der Waals surface area contributed by atoms with E-state index in [1.165, 1.54) is 141 Å². The van der Waals surface area contributed by atoms with Crippen LogP contribution in [0, 0.1) is 0 Å². The molecule has 0 aromatic rings. The van der Waals surface area contributed by atoms with Crippen LogP contribution in [0.25, 0.3) is 0 Å². The zero-order valence-electron chi connectivity index (χ0n) is 28.5. The summed E-state index contributed by atoms with van der Waals surface area (Å²) in [7, 11) is 6.72. The van der Waals surface area contributed by atoms with Crippen molar-refractivity contribution in [2.24, 2.45) is 0 Å². The van der Waals surface area contributed by atoms with Crippen molar-refractivity contribution in [3.05, 3.63) is 0 Å². The summed E-state index contributed by atoms with van der Waals surface area (Å²) < 4.78 is 0. The van der Waals surface area contributed by atoms with Crippen molar-refractivity contribution in [2.45, 2.75) is 167 Å². The minimum Gasteiger partial charge on any atom is -0.356 e. The van der Waals surface area contributed by atoms with Crippen molar-refractivity contribution < 1.29 is 4.79 Å². The lowest BCUT2D eigenvalue weighted by Gasteiger charge is -2.28. The molecule has 0 spiro atoms. The molecule has 0 bridgehead atoms. The fourth-order valence-electron chi connectivity index (χ4n) is 6.38. The number of rotatable bonds is 19. The van der Waals surface area contributed by atoms with Crippen LogP contribution in [0.15, 0.2) is 0 Å². The number of nitrogens with zero attached hydrogens (tertiary/aromatic N) is 3. The number of hydrogen-bond acceptors (Lipinski definition) is 4. The maximum Gasteiger partial charge on any atom is 0.221 e. The van der Waals surface area contributed by atoms with Gasteiger partial charge < -0.3 is 20.0 Å². The molecule has 1 amide bonds. The predicted octanol–water partition coefficient (Wildman–Crippen LogP) is 8.66. The van der Waals surface area contributed by atoms with Gasteiger partial charge in [0.1, 0.15) is 0 Å². The van der Waals surface area contributed by atoms with Crippen molar-refractivity contribution in [3.8, 4) is 0 Å². The number of carbonyl (C=O) groups is 1. The topological polar surface area (TPSA) is 38.8 Å². The van der Waals surface area contributed by atoms with Crippen molar-refractivity contribution in [1.82, 2.24) is 20.0 Å². The minimum absolute atomic E-state index is 0.244. The molecule has 0 aromatic heterocycles. The van der Waals surface area contributed by atoms with Gasteiger partial charge in [0.25, 0.3) is 0 Å². The van der Waals surface area contributed by atoms with Crippen LogP contribution in [0.3, 0.4) is 0 Å². The van der Waals surface area contributed by atoms with E-state index in [9.17, 15) is 4.79 Å². The molecule has 1 fully saturated rings. The molecule has 41 heavy (non-hydrogen) atoms. The fraction of sp³-hybridized carbons (Fsp3) is 0.972. The molecule has 1 aliphatic heterocycles. The van der Waals surface area contributed by atoms with E-state index in [0.717, 1.165) is 45.6 Å². The summed E-state index contributed by atoms with van der Waals surface area (Å²) in [6.07, 6.45) is 32.0. The third-order valence-electron chi connectivity index (χ3n) is 9.35. The maximum absolute atomic E-state index is 12.8. The molecule has 0 radical (unpaired) electrons. The van der Waals surface area contributed by atoms with E-state index in [2.05, 4.69) is 48.1 Å². The van der Waals surface area contributed by atoms with Crippen molar-refractivity contribution in [1.29, 1.82) is 0 Å². The first-order chi connectivity index (χ1) is 20.0. The van der Waals surface area contributed by atoms with Gasteiger partial charge in [-0.1, -0.05) is 122 Å². The number of unbranched alkanes of at least 4 members (excludes halogenated alkanes) is 17. The Balaban J connectivity index is 2.14. The van der Waals surface area contributed by atoms with E-state index in [-0.39, 0.29) is 5.91 Å². The zero-order chi connectivity index (χ0) is 29.8. The summed E-state index contributed by atoms with van der Waals surface area (Å²) in [4.78, 5) is 20.1. The van der Waals surface area contributed by atoms with Gasteiger partial charge in [-0.25, -0.2) is 0 Å². The standard InChI is InChI=1S/C36H74N4O/c1-5-6-7-8-9-10-11-12-13-14-15-16-17-18-19-20-21-22-27-35-34-36(41)37-28-25-31-38(2)29-23-24-30-39(3)32-26-33-40(35)4/h35H,5-34H2,1-4H3,(H,37,41). The molecular formula is C36H74N4O. The summed E-state index contributed by atoms with van der Waals surface area (Å²) in [6, 6.07) is 0.375. The molecule has 0 aromatic carbocycles. The van der Waals surface area contributed by atoms with Crippen molar-refractivity contribution in [2.75, 3.05) is 60.4 Å². The highest BCUT2D eigenvalue weighted by molar-refractivity contribution is 5.76. The number of amides is 1. The minimum atomic E-state index is 0.244. The van der Waals surface area contributed by atoms with E-state index < -0.39 is 0 Å². The monoisotopic (exact) mass is 579 g/mol.